The highest BCUT2D eigenvalue weighted by molar-refractivity contribution is 6.10. The summed E-state index contributed by atoms with van der Waals surface area (Å²) >= 11 is 0. The molecule has 0 N–H and O–H groups in total. The first-order chi connectivity index (χ1) is 23.1. The number of fused-ring (bicyclic) bond motifs is 5. The Balaban J connectivity index is 1.05. The fraction of sp³-hybridized carbons (Fsp3) is 0.0667. The minimum Gasteiger partial charge on any atom is -0.310 e. The van der Waals surface area contributed by atoms with Gasteiger partial charge < -0.3 is 9.47 Å². The van der Waals surface area contributed by atoms with Gasteiger partial charge in [-0.15, -0.1) is 0 Å². The lowest BCUT2D eigenvalue weighted by Crippen LogP contribution is -2.30. The van der Waals surface area contributed by atoms with E-state index in [1.807, 2.05) is 0 Å². The van der Waals surface area contributed by atoms with Crippen LogP contribution in [0.25, 0.3) is 49.7 Å². The highest BCUT2D eigenvalue weighted by Crippen LogP contribution is 2.51. The first-order valence-electron chi connectivity index (χ1n) is 16.4. The molecule has 1 aliphatic heterocycles. The van der Waals surface area contributed by atoms with Crippen molar-refractivity contribution < 1.29 is 0 Å². The van der Waals surface area contributed by atoms with Crippen LogP contribution < -0.4 is 4.90 Å². The standard InChI is InChI=1S/C45H34N2/c1-45(2)39-15-7-10-18-43(39)47(44-19-11-8-16-40(44)45)36-27-24-32(25-28-36)31-20-22-33(23-21-31)34-26-29-42-38(30-34)37-14-6-9-17-41(37)46(42)35-12-4-3-5-13-35/h3-30H,1-2H3. The number of hydrogen-bond donors (Lipinski definition) is 0. The van der Waals surface area contributed by atoms with Gasteiger partial charge in [-0.3, -0.25) is 0 Å². The van der Waals surface area contributed by atoms with E-state index in [4.69, 9.17) is 0 Å². The van der Waals surface area contributed by atoms with E-state index in [9.17, 15) is 0 Å². The van der Waals surface area contributed by atoms with Gasteiger partial charge in [0.05, 0.1) is 22.4 Å². The second-order valence-electron chi connectivity index (χ2n) is 13.0. The molecule has 0 atom stereocenters. The minimum absolute atomic E-state index is 0.0606. The average molecular weight is 603 g/mol. The summed E-state index contributed by atoms with van der Waals surface area (Å²) in [5.74, 6) is 0. The zero-order chi connectivity index (χ0) is 31.5. The van der Waals surface area contributed by atoms with E-state index in [1.54, 1.807) is 0 Å². The van der Waals surface area contributed by atoms with Gasteiger partial charge >= 0.3 is 0 Å². The first kappa shape index (κ1) is 27.5. The number of para-hydroxylation sites is 4. The minimum atomic E-state index is -0.0606. The molecule has 0 fully saturated rings. The van der Waals surface area contributed by atoms with E-state index in [0.717, 1.165) is 0 Å². The fourth-order valence-electron chi connectivity index (χ4n) is 7.61. The van der Waals surface area contributed by atoms with Gasteiger partial charge in [-0.1, -0.05) is 129 Å². The molecule has 47 heavy (non-hydrogen) atoms. The lowest BCUT2D eigenvalue weighted by Gasteiger charge is -2.42. The Morgan fingerprint density at radius 3 is 1.53 bits per heavy atom. The summed E-state index contributed by atoms with van der Waals surface area (Å²) in [5, 5.41) is 2.54. The van der Waals surface area contributed by atoms with Gasteiger partial charge in [-0.25, -0.2) is 0 Å². The zero-order valence-corrected chi connectivity index (χ0v) is 26.6. The van der Waals surface area contributed by atoms with Crippen molar-refractivity contribution in [2.45, 2.75) is 19.3 Å². The molecule has 0 saturated heterocycles. The van der Waals surface area contributed by atoms with Gasteiger partial charge in [0.15, 0.2) is 0 Å². The quantitative estimate of drug-likeness (QED) is 0.195. The molecule has 224 valence electrons. The Morgan fingerprint density at radius 1 is 0.383 bits per heavy atom. The SMILES string of the molecule is CC1(C)c2ccccc2N(c2ccc(-c3ccc(-c4ccc5c(c4)c4ccccc4n5-c4ccccc4)cc3)cc2)c2ccccc21. The molecule has 0 unspecified atom stereocenters. The third-order valence-corrected chi connectivity index (χ3v) is 10.0. The van der Waals surface area contributed by atoms with Gasteiger partial charge in [-0.2, -0.15) is 0 Å². The van der Waals surface area contributed by atoms with Crippen LogP contribution in [0.15, 0.2) is 170 Å². The molecule has 0 bridgehead atoms. The van der Waals surface area contributed by atoms with E-state index >= 15 is 0 Å². The number of benzene rings is 7. The van der Waals surface area contributed by atoms with E-state index < -0.39 is 0 Å². The van der Waals surface area contributed by atoms with Crippen molar-refractivity contribution in [1.29, 1.82) is 0 Å². The second kappa shape index (κ2) is 10.6. The summed E-state index contributed by atoms with van der Waals surface area (Å²) in [6.07, 6.45) is 0. The van der Waals surface area contributed by atoms with E-state index in [-0.39, 0.29) is 5.41 Å². The van der Waals surface area contributed by atoms with Crippen molar-refractivity contribution in [3.63, 3.8) is 0 Å². The van der Waals surface area contributed by atoms with Crippen LogP contribution in [0.1, 0.15) is 25.0 Å². The molecule has 2 heterocycles. The monoisotopic (exact) mass is 602 g/mol. The largest absolute Gasteiger partial charge is 0.310 e. The number of nitrogens with zero attached hydrogens (tertiary/aromatic N) is 2. The zero-order valence-electron chi connectivity index (χ0n) is 26.6. The lowest BCUT2D eigenvalue weighted by atomic mass is 9.73. The Bertz CT molecular complexity index is 2360. The Kier molecular flexibility index (Phi) is 6.20. The molecule has 2 nitrogen and oxygen atoms in total. The molecule has 0 aliphatic carbocycles. The molecule has 2 heteroatoms. The molecule has 0 radical (unpaired) electrons. The molecular formula is C45H34N2. The van der Waals surface area contributed by atoms with Gasteiger partial charge in [0.25, 0.3) is 0 Å². The molecule has 1 aliphatic rings. The van der Waals surface area contributed by atoms with E-state index in [2.05, 4.69) is 193 Å². The lowest BCUT2D eigenvalue weighted by molar-refractivity contribution is 0.632. The predicted octanol–water partition coefficient (Wildman–Crippen LogP) is 12.2. The van der Waals surface area contributed by atoms with Crippen molar-refractivity contribution in [3.8, 4) is 27.9 Å². The van der Waals surface area contributed by atoms with Crippen molar-refractivity contribution >= 4 is 38.9 Å². The molecule has 0 saturated carbocycles. The predicted molar refractivity (Wildman–Crippen MR) is 198 cm³/mol. The van der Waals surface area contributed by atoms with Crippen LogP contribution in [0.3, 0.4) is 0 Å². The maximum absolute atomic E-state index is 2.41. The summed E-state index contributed by atoms with van der Waals surface area (Å²) in [7, 11) is 0. The van der Waals surface area contributed by atoms with Crippen molar-refractivity contribution in [2.75, 3.05) is 4.90 Å². The number of rotatable bonds is 4. The summed E-state index contributed by atoms with van der Waals surface area (Å²) < 4.78 is 2.36. The summed E-state index contributed by atoms with van der Waals surface area (Å²) in [6, 6.07) is 61.8. The molecule has 1 aromatic heterocycles. The van der Waals surface area contributed by atoms with Crippen LogP contribution in [0.4, 0.5) is 17.1 Å². The Morgan fingerprint density at radius 2 is 0.872 bits per heavy atom. The smallest absolute Gasteiger partial charge is 0.0541 e. The van der Waals surface area contributed by atoms with Crippen LogP contribution in [-0.4, -0.2) is 4.57 Å². The van der Waals surface area contributed by atoms with Crippen molar-refractivity contribution in [2.24, 2.45) is 0 Å². The fourth-order valence-corrected chi connectivity index (χ4v) is 7.61. The molecular weight excluding hydrogens is 569 g/mol. The van der Waals surface area contributed by atoms with Gasteiger partial charge in [0.1, 0.15) is 0 Å². The summed E-state index contributed by atoms with van der Waals surface area (Å²) in [5.41, 5.74) is 14.8. The number of anilines is 3. The van der Waals surface area contributed by atoms with Crippen molar-refractivity contribution in [3.05, 3.63) is 181 Å². The van der Waals surface area contributed by atoms with Gasteiger partial charge in [0, 0.05) is 27.6 Å². The molecule has 9 rings (SSSR count). The van der Waals surface area contributed by atoms with Crippen LogP contribution >= 0.6 is 0 Å². The van der Waals surface area contributed by atoms with Crippen molar-refractivity contribution in [1.82, 2.24) is 4.57 Å². The van der Waals surface area contributed by atoms with Crippen LogP contribution in [0.5, 0.6) is 0 Å². The molecule has 7 aromatic carbocycles. The summed E-state index contributed by atoms with van der Waals surface area (Å²) in [4.78, 5) is 2.41. The van der Waals surface area contributed by atoms with Gasteiger partial charge in [0.2, 0.25) is 0 Å². The molecule has 8 aromatic rings. The molecule has 0 amide bonds. The van der Waals surface area contributed by atoms with Crippen LogP contribution in [0.2, 0.25) is 0 Å². The van der Waals surface area contributed by atoms with E-state index in [1.165, 1.54) is 77.9 Å². The topological polar surface area (TPSA) is 8.17 Å². The molecule has 0 spiro atoms. The summed E-state index contributed by atoms with van der Waals surface area (Å²) in [6.45, 7) is 4.66. The first-order valence-corrected chi connectivity index (χ1v) is 16.4. The van der Waals surface area contributed by atoms with Gasteiger partial charge in [-0.05, 0) is 88.0 Å². The maximum atomic E-state index is 2.41. The highest BCUT2D eigenvalue weighted by Gasteiger charge is 2.36. The third kappa shape index (κ3) is 4.33. The normalized spacial score (nSPS) is 13.4. The number of hydrogen-bond acceptors (Lipinski definition) is 1. The van der Waals surface area contributed by atoms with Crippen LogP contribution in [-0.2, 0) is 5.41 Å². The highest BCUT2D eigenvalue weighted by atomic mass is 15.2. The Labute approximate surface area is 275 Å². The third-order valence-electron chi connectivity index (χ3n) is 10.0. The van der Waals surface area contributed by atoms with E-state index in [0.29, 0.717) is 0 Å². The average Bonchev–Trinajstić information content (AvgIpc) is 3.46. The van der Waals surface area contributed by atoms with Crippen LogP contribution in [0, 0.1) is 0 Å². The number of aromatic nitrogens is 1. The second-order valence-corrected chi connectivity index (χ2v) is 13.0. The Hall–Kier alpha value is -5.86. The maximum Gasteiger partial charge on any atom is 0.0541 e.